The average Bonchev–Trinajstić information content (AvgIpc) is 2.58. The second-order valence-electron chi connectivity index (χ2n) is 5.85. The Morgan fingerprint density at radius 1 is 1.20 bits per heavy atom. The van der Waals surface area contributed by atoms with E-state index in [1.54, 1.807) is 7.11 Å². The van der Waals surface area contributed by atoms with Crippen molar-refractivity contribution in [1.82, 2.24) is 15.3 Å². The van der Waals surface area contributed by atoms with Crippen LogP contribution in [-0.4, -0.2) is 50.2 Å². The van der Waals surface area contributed by atoms with E-state index in [1.807, 2.05) is 56.3 Å². The van der Waals surface area contributed by atoms with Crippen molar-refractivity contribution in [1.29, 1.82) is 0 Å². The largest absolute Gasteiger partial charge is 0.496 e. The Balaban J connectivity index is 1.80. The molecule has 1 aromatic heterocycles. The number of ether oxygens (including phenoxy) is 1. The number of hydrogen-bond acceptors (Lipinski definition) is 6. The van der Waals surface area contributed by atoms with Gasteiger partial charge in [-0.2, -0.15) is 4.98 Å². The SMILES string of the molecule is COc1ccccc1CC(=O)NCCNc1nc(C)cc(N(C)C)n1. The molecule has 0 unspecified atom stereocenters. The third-order valence-electron chi connectivity index (χ3n) is 3.57. The Labute approximate surface area is 148 Å². The number of rotatable bonds is 8. The second kappa shape index (κ2) is 8.86. The lowest BCUT2D eigenvalue weighted by atomic mass is 10.1. The predicted octanol–water partition coefficient (Wildman–Crippen LogP) is 1.63. The Hall–Kier alpha value is -2.83. The summed E-state index contributed by atoms with van der Waals surface area (Å²) in [5.74, 6) is 2.07. The molecule has 0 aliphatic rings. The zero-order chi connectivity index (χ0) is 18.2. The van der Waals surface area contributed by atoms with Crippen molar-refractivity contribution in [2.24, 2.45) is 0 Å². The van der Waals surface area contributed by atoms with E-state index in [9.17, 15) is 4.79 Å². The van der Waals surface area contributed by atoms with Gasteiger partial charge < -0.3 is 20.3 Å². The van der Waals surface area contributed by atoms with Crippen LogP contribution in [0, 0.1) is 6.92 Å². The van der Waals surface area contributed by atoms with Crippen LogP contribution in [0.25, 0.3) is 0 Å². The van der Waals surface area contributed by atoms with E-state index in [4.69, 9.17) is 4.74 Å². The number of aryl methyl sites for hydroxylation is 1. The van der Waals surface area contributed by atoms with Crippen LogP contribution in [0.4, 0.5) is 11.8 Å². The van der Waals surface area contributed by atoms with Gasteiger partial charge in [-0.15, -0.1) is 0 Å². The molecule has 0 spiro atoms. The first kappa shape index (κ1) is 18.5. The normalized spacial score (nSPS) is 10.2. The maximum absolute atomic E-state index is 12.1. The first-order valence-corrected chi connectivity index (χ1v) is 8.15. The van der Waals surface area contributed by atoms with Crippen LogP contribution in [0.5, 0.6) is 5.75 Å². The van der Waals surface area contributed by atoms with Crippen molar-refractivity contribution < 1.29 is 9.53 Å². The van der Waals surface area contributed by atoms with Crippen molar-refractivity contribution >= 4 is 17.7 Å². The molecular formula is C18H25N5O2. The third kappa shape index (κ3) is 5.63. The van der Waals surface area contributed by atoms with Gasteiger partial charge in [-0.1, -0.05) is 18.2 Å². The molecular weight excluding hydrogens is 318 g/mol. The van der Waals surface area contributed by atoms with Gasteiger partial charge in [0.25, 0.3) is 0 Å². The first-order valence-electron chi connectivity index (χ1n) is 8.15. The fourth-order valence-electron chi connectivity index (χ4n) is 2.32. The molecule has 1 amide bonds. The van der Waals surface area contributed by atoms with Gasteiger partial charge >= 0.3 is 0 Å². The Morgan fingerprint density at radius 2 is 1.96 bits per heavy atom. The lowest BCUT2D eigenvalue weighted by molar-refractivity contribution is -0.120. The highest BCUT2D eigenvalue weighted by Gasteiger charge is 2.08. The van der Waals surface area contributed by atoms with E-state index in [0.717, 1.165) is 22.8 Å². The Kier molecular flexibility index (Phi) is 6.56. The van der Waals surface area contributed by atoms with Gasteiger partial charge in [-0.25, -0.2) is 4.98 Å². The summed E-state index contributed by atoms with van der Waals surface area (Å²) < 4.78 is 5.26. The van der Waals surface area contributed by atoms with E-state index < -0.39 is 0 Å². The number of amides is 1. The molecule has 7 heteroatoms. The van der Waals surface area contributed by atoms with Crippen LogP contribution in [0.2, 0.25) is 0 Å². The van der Waals surface area contributed by atoms with Gasteiger partial charge in [-0.05, 0) is 13.0 Å². The number of anilines is 2. The molecule has 25 heavy (non-hydrogen) atoms. The van der Waals surface area contributed by atoms with E-state index in [2.05, 4.69) is 20.6 Å². The van der Waals surface area contributed by atoms with Crippen LogP contribution in [0.1, 0.15) is 11.3 Å². The number of nitrogens with zero attached hydrogens (tertiary/aromatic N) is 3. The molecule has 0 radical (unpaired) electrons. The van der Waals surface area contributed by atoms with Gasteiger partial charge in [0, 0.05) is 44.5 Å². The number of hydrogen-bond donors (Lipinski definition) is 2. The van der Waals surface area contributed by atoms with E-state index in [0.29, 0.717) is 19.0 Å². The highest BCUT2D eigenvalue weighted by molar-refractivity contribution is 5.79. The zero-order valence-corrected chi connectivity index (χ0v) is 15.2. The molecule has 0 aliphatic carbocycles. The summed E-state index contributed by atoms with van der Waals surface area (Å²) in [6.07, 6.45) is 0.287. The minimum Gasteiger partial charge on any atom is -0.496 e. The lowest BCUT2D eigenvalue weighted by Crippen LogP contribution is -2.30. The van der Waals surface area contributed by atoms with Crippen LogP contribution in [-0.2, 0) is 11.2 Å². The molecule has 2 rings (SSSR count). The van der Waals surface area contributed by atoms with E-state index in [1.165, 1.54) is 0 Å². The number of nitrogens with one attached hydrogen (secondary N) is 2. The molecule has 1 heterocycles. The molecule has 2 aromatic rings. The van der Waals surface area contributed by atoms with E-state index in [-0.39, 0.29) is 12.3 Å². The second-order valence-corrected chi connectivity index (χ2v) is 5.85. The van der Waals surface area contributed by atoms with Gasteiger partial charge in [0.05, 0.1) is 13.5 Å². The molecule has 7 nitrogen and oxygen atoms in total. The molecule has 2 N–H and O–H groups in total. The fraction of sp³-hybridized carbons (Fsp3) is 0.389. The number of methoxy groups -OCH3 is 1. The van der Waals surface area contributed by atoms with Crippen LogP contribution < -0.4 is 20.3 Å². The summed E-state index contributed by atoms with van der Waals surface area (Å²) in [5.41, 5.74) is 1.76. The Morgan fingerprint density at radius 3 is 2.68 bits per heavy atom. The third-order valence-corrected chi connectivity index (χ3v) is 3.57. The van der Waals surface area contributed by atoms with Crippen molar-refractivity contribution in [3.8, 4) is 5.75 Å². The van der Waals surface area contributed by atoms with E-state index >= 15 is 0 Å². The molecule has 0 aliphatic heterocycles. The monoisotopic (exact) mass is 343 g/mol. The highest BCUT2D eigenvalue weighted by Crippen LogP contribution is 2.17. The molecule has 0 saturated carbocycles. The molecule has 134 valence electrons. The summed E-state index contributed by atoms with van der Waals surface area (Å²) in [5, 5.41) is 6.02. The number of carbonyl (C=O) groups is 1. The molecule has 1 aromatic carbocycles. The maximum atomic E-state index is 12.1. The number of aromatic nitrogens is 2. The average molecular weight is 343 g/mol. The van der Waals surface area contributed by atoms with Crippen molar-refractivity contribution in [2.75, 3.05) is 44.5 Å². The molecule has 0 bridgehead atoms. The van der Waals surface area contributed by atoms with Crippen molar-refractivity contribution in [2.45, 2.75) is 13.3 Å². The first-order chi connectivity index (χ1) is 12.0. The molecule has 0 atom stereocenters. The quantitative estimate of drug-likeness (QED) is 0.709. The summed E-state index contributed by atoms with van der Waals surface area (Å²) >= 11 is 0. The highest BCUT2D eigenvalue weighted by atomic mass is 16.5. The summed E-state index contributed by atoms with van der Waals surface area (Å²) in [6, 6.07) is 9.43. The topological polar surface area (TPSA) is 79.4 Å². The standard InChI is InChI=1S/C18H25N5O2/c1-13-11-16(23(2)3)22-18(21-13)20-10-9-19-17(24)12-14-7-5-6-8-15(14)25-4/h5-8,11H,9-10,12H2,1-4H3,(H,19,24)(H,20,21,22). The fourth-order valence-corrected chi connectivity index (χ4v) is 2.32. The van der Waals surface area contributed by atoms with Gasteiger partial charge in [0.1, 0.15) is 11.6 Å². The maximum Gasteiger partial charge on any atom is 0.224 e. The number of para-hydroxylation sites is 1. The zero-order valence-electron chi connectivity index (χ0n) is 15.2. The molecule has 0 saturated heterocycles. The molecule has 0 fully saturated rings. The number of benzene rings is 1. The van der Waals surface area contributed by atoms with Crippen LogP contribution in [0.15, 0.2) is 30.3 Å². The number of carbonyl (C=O) groups excluding carboxylic acids is 1. The van der Waals surface area contributed by atoms with Crippen molar-refractivity contribution in [3.05, 3.63) is 41.6 Å². The minimum atomic E-state index is -0.0505. The van der Waals surface area contributed by atoms with Gasteiger partial charge in [0.2, 0.25) is 11.9 Å². The van der Waals surface area contributed by atoms with Gasteiger partial charge in [-0.3, -0.25) is 4.79 Å². The predicted molar refractivity (Wildman–Crippen MR) is 99.3 cm³/mol. The summed E-state index contributed by atoms with van der Waals surface area (Å²) in [6.45, 7) is 2.96. The lowest BCUT2D eigenvalue weighted by Gasteiger charge is -2.14. The van der Waals surface area contributed by atoms with Crippen molar-refractivity contribution in [3.63, 3.8) is 0 Å². The minimum absolute atomic E-state index is 0.0505. The Bertz CT molecular complexity index is 718. The van der Waals surface area contributed by atoms with Crippen LogP contribution in [0.3, 0.4) is 0 Å². The van der Waals surface area contributed by atoms with Crippen LogP contribution >= 0.6 is 0 Å². The summed E-state index contributed by atoms with van der Waals surface area (Å²) in [7, 11) is 5.47. The summed E-state index contributed by atoms with van der Waals surface area (Å²) in [4.78, 5) is 22.7. The van der Waals surface area contributed by atoms with Gasteiger partial charge in [0.15, 0.2) is 0 Å². The smallest absolute Gasteiger partial charge is 0.224 e.